The topological polar surface area (TPSA) is 45.6 Å². The van der Waals surface area contributed by atoms with E-state index in [2.05, 4.69) is 9.88 Å². The Labute approximate surface area is 100 Å². The molecule has 2 heterocycles. The molecule has 17 heavy (non-hydrogen) atoms. The minimum atomic E-state index is -0.626. The summed E-state index contributed by atoms with van der Waals surface area (Å²) in [6.07, 6.45) is 1.12. The van der Waals surface area contributed by atoms with Crippen molar-refractivity contribution in [3.05, 3.63) is 29.8 Å². The molecule has 1 aliphatic heterocycles. The Balaban J connectivity index is 1.80. The molecule has 0 saturated carbocycles. The van der Waals surface area contributed by atoms with Crippen molar-refractivity contribution >= 4 is 0 Å². The largest absolute Gasteiger partial charge is 0.387 e. The molecule has 94 valence electrons. The molecule has 4 nitrogen and oxygen atoms in total. The van der Waals surface area contributed by atoms with Gasteiger partial charge in [0.1, 0.15) is 5.82 Å². The van der Waals surface area contributed by atoms with Crippen LogP contribution >= 0.6 is 0 Å². The van der Waals surface area contributed by atoms with Crippen molar-refractivity contribution in [3.8, 4) is 0 Å². The van der Waals surface area contributed by atoms with Crippen LogP contribution in [0.25, 0.3) is 0 Å². The average molecular weight is 240 g/mol. The summed E-state index contributed by atoms with van der Waals surface area (Å²) in [5, 5.41) is 9.90. The predicted octanol–water partition coefficient (Wildman–Crippen LogP) is 0.976. The van der Waals surface area contributed by atoms with E-state index in [4.69, 9.17) is 4.74 Å². The van der Waals surface area contributed by atoms with Gasteiger partial charge in [-0.3, -0.25) is 9.88 Å². The van der Waals surface area contributed by atoms with E-state index in [0.717, 1.165) is 39.0 Å². The lowest BCUT2D eigenvalue weighted by molar-refractivity contribution is 0.0297. The zero-order valence-electron chi connectivity index (χ0n) is 9.68. The van der Waals surface area contributed by atoms with Crippen LogP contribution in [0.15, 0.2) is 18.3 Å². The third-order valence-corrected chi connectivity index (χ3v) is 2.91. The summed E-state index contributed by atoms with van der Waals surface area (Å²) in [6.45, 7) is 4.13. The fourth-order valence-corrected chi connectivity index (χ4v) is 1.86. The number of aromatic nitrogens is 1. The van der Waals surface area contributed by atoms with E-state index in [1.54, 1.807) is 0 Å². The summed E-state index contributed by atoms with van der Waals surface area (Å²) in [5.41, 5.74) is 0.527. The molecule has 1 atom stereocenters. The van der Waals surface area contributed by atoms with E-state index in [0.29, 0.717) is 12.1 Å². The van der Waals surface area contributed by atoms with E-state index in [1.807, 2.05) is 0 Å². The quantitative estimate of drug-likeness (QED) is 0.852. The first kappa shape index (κ1) is 12.4. The number of morpholine rings is 1. The zero-order chi connectivity index (χ0) is 12.1. The molecule has 1 N–H and O–H groups in total. The molecule has 1 aromatic rings. The first-order valence-corrected chi connectivity index (χ1v) is 5.85. The van der Waals surface area contributed by atoms with Gasteiger partial charge in [0.15, 0.2) is 0 Å². The van der Waals surface area contributed by atoms with Gasteiger partial charge in [0.2, 0.25) is 0 Å². The summed E-state index contributed by atoms with van der Waals surface area (Å²) in [6, 6.07) is 2.85. The lowest BCUT2D eigenvalue weighted by Crippen LogP contribution is -2.37. The zero-order valence-corrected chi connectivity index (χ0v) is 9.68. The molecule has 1 aromatic heterocycles. The Morgan fingerprint density at radius 3 is 2.82 bits per heavy atom. The molecular weight excluding hydrogens is 223 g/mol. The smallest absolute Gasteiger partial charge is 0.141 e. The summed E-state index contributed by atoms with van der Waals surface area (Å²) in [5.74, 6) is -0.380. The monoisotopic (exact) mass is 240 g/mol. The summed E-state index contributed by atoms with van der Waals surface area (Å²) in [4.78, 5) is 6.12. The number of pyridine rings is 1. The molecule has 1 unspecified atom stereocenters. The van der Waals surface area contributed by atoms with Crippen molar-refractivity contribution in [3.63, 3.8) is 0 Å². The van der Waals surface area contributed by atoms with E-state index >= 15 is 0 Å². The van der Waals surface area contributed by atoms with Crippen molar-refractivity contribution in [1.82, 2.24) is 9.88 Å². The van der Waals surface area contributed by atoms with Gasteiger partial charge in [-0.15, -0.1) is 0 Å². The van der Waals surface area contributed by atoms with Crippen LogP contribution in [0, 0.1) is 5.82 Å². The number of aliphatic hydroxyl groups is 1. The Hall–Kier alpha value is -1.04. The molecule has 0 radical (unpaired) electrons. The predicted molar refractivity (Wildman–Crippen MR) is 61.0 cm³/mol. The van der Waals surface area contributed by atoms with Crippen LogP contribution in [0.1, 0.15) is 18.2 Å². The van der Waals surface area contributed by atoms with Gasteiger partial charge in [-0.2, -0.15) is 0 Å². The Bertz CT molecular complexity index is 339. The second-order valence-electron chi connectivity index (χ2n) is 4.16. The Morgan fingerprint density at radius 1 is 1.41 bits per heavy atom. The second-order valence-corrected chi connectivity index (χ2v) is 4.16. The van der Waals surface area contributed by atoms with E-state index in [-0.39, 0.29) is 5.82 Å². The molecule has 0 spiro atoms. The van der Waals surface area contributed by atoms with Crippen LogP contribution in [0.4, 0.5) is 4.39 Å². The third kappa shape index (κ3) is 3.73. The maximum Gasteiger partial charge on any atom is 0.141 e. The number of aliphatic hydroxyl groups excluding tert-OH is 1. The molecule has 0 bridgehead atoms. The molecule has 1 fully saturated rings. The maximum absolute atomic E-state index is 12.7. The highest BCUT2D eigenvalue weighted by Crippen LogP contribution is 2.15. The van der Waals surface area contributed by atoms with Crippen LogP contribution in [0.5, 0.6) is 0 Å². The third-order valence-electron chi connectivity index (χ3n) is 2.91. The lowest BCUT2D eigenvalue weighted by Gasteiger charge is -2.27. The van der Waals surface area contributed by atoms with Crippen LogP contribution < -0.4 is 0 Å². The van der Waals surface area contributed by atoms with Crippen LogP contribution in [-0.4, -0.2) is 47.8 Å². The highest BCUT2D eigenvalue weighted by atomic mass is 19.1. The number of rotatable bonds is 4. The number of hydrogen-bond donors (Lipinski definition) is 1. The van der Waals surface area contributed by atoms with Gasteiger partial charge >= 0.3 is 0 Å². The first-order valence-electron chi connectivity index (χ1n) is 5.85. The van der Waals surface area contributed by atoms with E-state index in [9.17, 15) is 9.50 Å². The molecular formula is C12H17FN2O2. The Morgan fingerprint density at radius 2 is 2.18 bits per heavy atom. The fraction of sp³-hybridized carbons (Fsp3) is 0.583. The van der Waals surface area contributed by atoms with Crippen molar-refractivity contribution in [1.29, 1.82) is 0 Å². The molecule has 2 rings (SSSR count). The van der Waals surface area contributed by atoms with Gasteiger partial charge in [0.05, 0.1) is 31.2 Å². The van der Waals surface area contributed by atoms with Crippen molar-refractivity contribution < 1.29 is 14.2 Å². The summed E-state index contributed by atoms with van der Waals surface area (Å²) >= 11 is 0. The molecule has 1 aliphatic rings. The molecule has 1 saturated heterocycles. The molecule has 0 aromatic carbocycles. The number of nitrogens with zero attached hydrogens (tertiary/aromatic N) is 2. The van der Waals surface area contributed by atoms with Gasteiger partial charge in [-0.25, -0.2) is 4.39 Å². The van der Waals surface area contributed by atoms with Crippen molar-refractivity contribution in [2.45, 2.75) is 12.5 Å². The van der Waals surface area contributed by atoms with Gasteiger partial charge < -0.3 is 9.84 Å². The van der Waals surface area contributed by atoms with Gasteiger partial charge in [0, 0.05) is 19.6 Å². The van der Waals surface area contributed by atoms with Crippen molar-refractivity contribution in [2.24, 2.45) is 0 Å². The standard InChI is InChI=1S/C12H17FN2O2/c13-10-1-2-11(14-9-10)12(16)3-4-15-5-7-17-8-6-15/h1-2,9,12,16H,3-8H2. The maximum atomic E-state index is 12.7. The van der Waals surface area contributed by atoms with Crippen LogP contribution in [-0.2, 0) is 4.74 Å². The molecule has 5 heteroatoms. The molecule has 0 aliphatic carbocycles. The fourth-order valence-electron chi connectivity index (χ4n) is 1.86. The second kappa shape index (κ2) is 6.05. The average Bonchev–Trinajstić information content (AvgIpc) is 2.38. The van der Waals surface area contributed by atoms with E-state index in [1.165, 1.54) is 12.1 Å². The lowest BCUT2D eigenvalue weighted by atomic mass is 10.1. The summed E-state index contributed by atoms with van der Waals surface area (Å²) in [7, 11) is 0. The highest BCUT2D eigenvalue weighted by molar-refractivity contribution is 5.07. The van der Waals surface area contributed by atoms with E-state index < -0.39 is 6.10 Å². The molecule has 0 amide bonds. The normalized spacial score (nSPS) is 19.2. The van der Waals surface area contributed by atoms with Crippen LogP contribution in [0.3, 0.4) is 0 Å². The minimum absolute atomic E-state index is 0.380. The van der Waals surface area contributed by atoms with Gasteiger partial charge in [-0.05, 0) is 18.6 Å². The van der Waals surface area contributed by atoms with Gasteiger partial charge in [0.25, 0.3) is 0 Å². The highest BCUT2D eigenvalue weighted by Gasteiger charge is 2.14. The summed E-state index contributed by atoms with van der Waals surface area (Å²) < 4.78 is 17.9. The van der Waals surface area contributed by atoms with Crippen LogP contribution in [0.2, 0.25) is 0 Å². The number of hydrogen-bond acceptors (Lipinski definition) is 4. The minimum Gasteiger partial charge on any atom is -0.387 e. The Kier molecular flexibility index (Phi) is 4.42. The first-order chi connectivity index (χ1) is 8.25. The number of ether oxygens (including phenoxy) is 1. The SMILES string of the molecule is OC(CCN1CCOCC1)c1ccc(F)cn1. The van der Waals surface area contributed by atoms with Gasteiger partial charge in [-0.1, -0.05) is 0 Å². The number of halogens is 1. The van der Waals surface area contributed by atoms with Crippen molar-refractivity contribution in [2.75, 3.05) is 32.8 Å².